The Morgan fingerprint density at radius 1 is 1.30 bits per heavy atom. The highest BCUT2D eigenvalue weighted by atomic mass is 127. The molecule has 0 radical (unpaired) electrons. The van der Waals surface area contributed by atoms with E-state index < -0.39 is 0 Å². The van der Waals surface area contributed by atoms with Crippen LogP contribution in [0.1, 0.15) is 42.6 Å². The minimum absolute atomic E-state index is 0. The first-order valence-corrected chi connectivity index (χ1v) is 9.69. The molecule has 1 N–H and O–H groups in total. The molecule has 0 bridgehead atoms. The van der Waals surface area contributed by atoms with Gasteiger partial charge in [0, 0.05) is 26.0 Å². The first-order valence-electron chi connectivity index (χ1n) is 8.81. The minimum atomic E-state index is -0.132. The van der Waals surface area contributed by atoms with Crippen molar-refractivity contribution in [3.05, 3.63) is 51.5 Å². The first kappa shape index (κ1) is 23.8. The molecule has 0 aliphatic carbocycles. The number of halogens is 1. The fourth-order valence-electron chi connectivity index (χ4n) is 2.49. The average molecular weight is 502 g/mol. The van der Waals surface area contributed by atoms with Gasteiger partial charge < -0.3 is 15.0 Å². The second kappa shape index (κ2) is 11.0. The summed E-state index contributed by atoms with van der Waals surface area (Å²) in [7, 11) is 3.83. The fraction of sp³-hybridized carbons (Fsp3) is 0.500. The third kappa shape index (κ3) is 8.57. The Bertz CT molecular complexity index is 740. The molecule has 0 saturated heterocycles. The van der Waals surface area contributed by atoms with Gasteiger partial charge in [-0.05, 0) is 38.8 Å². The van der Waals surface area contributed by atoms with Crippen LogP contribution in [0.3, 0.4) is 0 Å². The molecule has 150 valence electrons. The number of hydrogen-bond donors (Lipinski definition) is 1. The summed E-state index contributed by atoms with van der Waals surface area (Å²) >= 11 is 1.67. The molecule has 1 heterocycles. The van der Waals surface area contributed by atoms with E-state index in [0.29, 0.717) is 6.61 Å². The SMILES string of the molecule is CN=C(NCc1cccc(COC(C)(C)C)c1)N(C)Cc1csc(C)n1.I. The molecule has 27 heavy (non-hydrogen) atoms. The summed E-state index contributed by atoms with van der Waals surface area (Å²) in [6, 6.07) is 8.46. The van der Waals surface area contributed by atoms with E-state index in [0.717, 1.165) is 29.8 Å². The van der Waals surface area contributed by atoms with Crippen LogP contribution in [-0.2, 0) is 24.4 Å². The van der Waals surface area contributed by atoms with Gasteiger partial charge in [-0.25, -0.2) is 4.98 Å². The van der Waals surface area contributed by atoms with E-state index in [1.807, 2.05) is 14.0 Å². The summed E-state index contributed by atoms with van der Waals surface area (Å²) in [4.78, 5) is 11.0. The third-order valence-electron chi connectivity index (χ3n) is 3.75. The Balaban J connectivity index is 0.00000364. The number of rotatable bonds is 6. The number of nitrogens with one attached hydrogen (secondary N) is 1. The van der Waals surface area contributed by atoms with Crippen LogP contribution < -0.4 is 5.32 Å². The maximum Gasteiger partial charge on any atom is 0.194 e. The van der Waals surface area contributed by atoms with Gasteiger partial charge >= 0.3 is 0 Å². The minimum Gasteiger partial charge on any atom is -0.371 e. The van der Waals surface area contributed by atoms with Crippen LogP contribution >= 0.6 is 35.3 Å². The second-order valence-corrected chi connectivity index (χ2v) is 8.40. The van der Waals surface area contributed by atoms with Gasteiger partial charge in [-0.3, -0.25) is 4.99 Å². The summed E-state index contributed by atoms with van der Waals surface area (Å²) in [5, 5.41) is 6.61. The van der Waals surface area contributed by atoms with Gasteiger partial charge in [-0.15, -0.1) is 35.3 Å². The van der Waals surface area contributed by atoms with Crippen LogP contribution in [0.5, 0.6) is 0 Å². The monoisotopic (exact) mass is 502 g/mol. The predicted molar refractivity (Wildman–Crippen MR) is 125 cm³/mol. The lowest BCUT2D eigenvalue weighted by molar-refractivity contribution is -0.0149. The zero-order valence-corrected chi connectivity index (χ0v) is 20.2. The number of guanidine groups is 1. The number of ether oxygens (including phenoxy) is 1. The number of benzene rings is 1. The van der Waals surface area contributed by atoms with Crippen LogP contribution in [0.4, 0.5) is 0 Å². The highest BCUT2D eigenvalue weighted by Crippen LogP contribution is 2.13. The highest BCUT2D eigenvalue weighted by Gasteiger charge is 2.11. The molecule has 1 aromatic heterocycles. The van der Waals surface area contributed by atoms with E-state index in [2.05, 4.69) is 70.6 Å². The van der Waals surface area contributed by atoms with E-state index in [1.165, 1.54) is 11.1 Å². The van der Waals surface area contributed by atoms with Crippen LogP contribution in [0.15, 0.2) is 34.6 Å². The summed E-state index contributed by atoms with van der Waals surface area (Å²) in [6.07, 6.45) is 0. The van der Waals surface area contributed by atoms with Gasteiger partial charge in [0.15, 0.2) is 5.96 Å². The number of hydrogen-bond acceptors (Lipinski definition) is 4. The molecule has 0 saturated carbocycles. The third-order valence-corrected chi connectivity index (χ3v) is 4.58. The Kier molecular flexibility index (Phi) is 9.69. The maximum absolute atomic E-state index is 5.87. The molecule has 0 unspecified atom stereocenters. The molecule has 5 nitrogen and oxygen atoms in total. The molecule has 7 heteroatoms. The smallest absolute Gasteiger partial charge is 0.194 e. The van der Waals surface area contributed by atoms with Crippen molar-refractivity contribution in [2.75, 3.05) is 14.1 Å². The number of aliphatic imine (C=N–C) groups is 1. The van der Waals surface area contributed by atoms with E-state index in [9.17, 15) is 0 Å². The van der Waals surface area contributed by atoms with Gasteiger partial charge in [0.25, 0.3) is 0 Å². The van der Waals surface area contributed by atoms with E-state index in [4.69, 9.17) is 4.74 Å². The largest absolute Gasteiger partial charge is 0.371 e. The Hall–Kier alpha value is -1.19. The van der Waals surface area contributed by atoms with Crippen LogP contribution in [0.25, 0.3) is 0 Å². The fourth-order valence-corrected chi connectivity index (χ4v) is 3.10. The molecular formula is C20H31IN4OS. The van der Waals surface area contributed by atoms with Crippen molar-refractivity contribution in [2.24, 2.45) is 4.99 Å². The number of aromatic nitrogens is 1. The Morgan fingerprint density at radius 2 is 2.00 bits per heavy atom. The van der Waals surface area contributed by atoms with Gasteiger partial charge in [0.2, 0.25) is 0 Å². The number of aryl methyl sites for hydroxylation is 1. The molecule has 2 rings (SSSR count). The molecule has 0 atom stereocenters. The van der Waals surface area contributed by atoms with Crippen molar-refractivity contribution < 1.29 is 4.74 Å². The zero-order valence-electron chi connectivity index (χ0n) is 17.1. The van der Waals surface area contributed by atoms with Crippen LogP contribution in [-0.4, -0.2) is 35.5 Å². The van der Waals surface area contributed by atoms with Crippen LogP contribution in [0, 0.1) is 6.92 Å². The predicted octanol–water partition coefficient (Wildman–Crippen LogP) is 4.59. The summed E-state index contributed by atoms with van der Waals surface area (Å²) in [5.41, 5.74) is 3.33. The van der Waals surface area contributed by atoms with Crippen molar-refractivity contribution in [1.29, 1.82) is 0 Å². The second-order valence-electron chi connectivity index (χ2n) is 7.34. The van der Waals surface area contributed by atoms with Crippen molar-refractivity contribution in [1.82, 2.24) is 15.2 Å². The van der Waals surface area contributed by atoms with Crippen molar-refractivity contribution >= 4 is 41.3 Å². The van der Waals surface area contributed by atoms with Gasteiger partial charge in [0.1, 0.15) is 0 Å². The molecule has 1 aromatic carbocycles. The lowest BCUT2D eigenvalue weighted by atomic mass is 10.1. The molecule has 0 amide bonds. The van der Waals surface area contributed by atoms with Crippen LogP contribution in [0.2, 0.25) is 0 Å². The molecule has 0 aliphatic rings. The summed E-state index contributed by atoms with van der Waals surface area (Å²) in [5.74, 6) is 0.854. The summed E-state index contributed by atoms with van der Waals surface area (Å²) in [6.45, 7) is 10.3. The van der Waals surface area contributed by atoms with Gasteiger partial charge in [-0.1, -0.05) is 24.3 Å². The van der Waals surface area contributed by atoms with Crippen molar-refractivity contribution in [3.8, 4) is 0 Å². The Labute approximate surface area is 184 Å². The lowest BCUT2D eigenvalue weighted by Crippen LogP contribution is -2.38. The molecule has 0 fully saturated rings. The van der Waals surface area contributed by atoms with Crippen molar-refractivity contribution in [3.63, 3.8) is 0 Å². The number of thiazole rings is 1. The quantitative estimate of drug-likeness (QED) is 0.357. The molecule has 0 aliphatic heterocycles. The highest BCUT2D eigenvalue weighted by molar-refractivity contribution is 14.0. The van der Waals surface area contributed by atoms with Gasteiger partial charge in [-0.2, -0.15) is 0 Å². The number of nitrogens with zero attached hydrogens (tertiary/aromatic N) is 3. The van der Waals surface area contributed by atoms with E-state index in [-0.39, 0.29) is 29.6 Å². The average Bonchev–Trinajstić information content (AvgIpc) is 2.98. The lowest BCUT2D eigenvalue weighted by Gasteiger charge is -2.22. The summed E-state index contributed by atoms with van der Waals surface area (Å²) < 4.78 is 5.87. The molecule has 0 spiro atoms. The standard InChI is InChI=1S/C20H30N4OS.HI/c1-15-23-18(14-26-15)12-24(6)19(21-5)22-11-16-8-7-9-17(10-16)13-25-20(2,3)4;/h7-10,14H,11-13H2,1-6H3,(H,21,22);1H. The Morgan fingerprint density at radius 3 is 2.59 bits per heavy atom. The maximum atomic E-state index is 5.87. The topological polar surface area (TPSA) is 49.8 Å². The first-order chi connectivity index (χ1) is 12.3. The van der Waals surface area contributed by atoms with Gasteiger partial charge in [0.05, 0.1) is 29.5 Å². The molecule has 2 aromatic rings. The zero-order chi connectivity index (χ0) is 19.2. The van der Waals surface area contributed by atoms with E-state index >= 15 is 0 Å². The molecular weight excluding hydrogens is 471 g/mol. The van der Waals surface area contributed by atoms with E-state index in [1.54, 1.807) is 18.4 Å². The van der Waals surface area contributed by atoms with Crippen molar-refractivity contribution in [2.45, 2.75) is 53.0 Å². The normalized spacial score (nSPS) is 11.9.